The SMILES string of the molecule is Cn1nccc1CCNc1ccc([N+](=O)[O-])cc1F. The van der Waals surface area contributed by atoms with Crippen molar-refractivity contribution in [3.05, 3.63) is 52.1 Å². The van der Waals surface area contributed by atoms with Crippen LogP contribution in [0.4, 0.5) is 15.8 Å². The fourth-order valence-corrected chi connectivity index (χ4v) is 1.73. The molecule has 6 nitrogen and oxygen atoms in total. The molecular weight excluding hydrogens is 251 g/mol. The third-order valence-corrected chi connectivity index (χ3v) is 2.78. The topological polar surface area (TPSA) is 73.0 Å². The first-order valence-electron chi connectivity index (χ1n) is 5.72. The number of hydrogen-bond acceptors (Lipinski definition) is 4. The Labute approximate surface area is 109 Å². The molecule has 0 atom stereocenters. The third-order valence-electron chi connectivity index (χ3n) is 2.78. The third kappa shape index (κ3) is 3.06. The van der Waals surface area contributed by atoms with Crippen molar-refractivity contribution in [2.75, 3.05) is 11.9 Å². The summed E-state index contributed by atoms with van der Waals surface area (Å²) in [4.78, 5) is 9.86. The Morgan fingerprint density at radius 3 is 2.84 bits per heavy atom. The maximum absolute atomic E-state index is 13.6. The van der Waals surface area contributed by atoms with Crippen molar-refractivity contribution in [3.63, 3.8) is 0 Å². The number of nitro groups is 1. The van der Waals surface area contributed by atoms with Crippen LogP contribution >= 0.6 is 0 Å². The van der Waals surface area contributed by atoms with Crippen LogP contribution in [0, 0.1) is 15.9 Å². The highest BCUT2D eigenvalue weighted by Gasteiger charge is 2.10. The zero-order valence-corrected chi connectivity index (χ0v) is 10.3. The van der Waals surface area contributed by atoms with Crippen LogP contribution in [-0.4, -0.2) is 21.2 Å². The van der Waals surface area contributed by atoms with Gasteiger partial charge in [0.05, 0.1) is 16.7 Å². The van der Waals surface area contributed by atoms with Gasteiger partial charge in [0.2, 0.25) is 0 Å². The lowest BCUT2D eigenvalue weighted by molar-refractivity contribution is -0.385. The molecule has 0 bridgehead atoms. The van der Waals surface area contributed by atoms with Crippen molar-refractivity contribution >= 4 is 11.4 Å². The minimum atomic E-state index is -0.626. The van der Waals surface area contributed by atoms with Gasteiger partial charge in [-0.2, -0.15) is 5.10 Å². The number of nitrogens with zero attached hydrogens (tertiary/aromatic N) is 3. The second-order valence-electron chi connectivity index (χ2n) is 4.04. The van der Waals surface area contributed by atoms with Crippen LogP contribution in [0.3, 0.4) is 0 Å². The molecule has 100 valence electrons. The molecule has 0 amide bonds. The number of nitro benzene ring substituents is 1. The summed E-state index contributed by atoms with van der Waals surface area (Å²) in [6.07, 6.45) is 2.38. The number of hydrogen-bond donors (Lipinski definition) is 1. The molecule has 0 aliphatic heterocycles. The van der Waals surface area contributed by atoms with E-state index in [1.54, 1.807) is 10.9 Å². The van der Waals surface area contributed by atoms with Gasteiger partial charge in [-0.05, 0) is 12.1 Å². The second kappa shape index (κ2) is 5.47. The van der Waals surface area contributed by atoms with Crippen LogP contribution in [0.25, 0.3) is 0 Å². The number of non-ortho nitro benzene ring substituents is 1. The molecule has 2 aromatic rings. The summed E-state index contributed by atoms with van der Waals surface area (Å²) in [6.45, 7) is 0.522. The molecule has 1 N–H and O–H groups in total. The lowest BCUT2D eigenvalue weighted by Gasteiger charge is -2.07. The monoisotopic (exact) mass is 264 g/mol. The van der Waals surface area contributed by atoms with Crippen LogP contribution in [0.1, 0.15) is 5.69 Å². The van der Waals surface area contributed by atoms with Crippen molar-refractivity contribution in [3.8, 4) is 0 Å². The Morgan fingerprint density at radius 2 is 2.26 bits per heavy atom. The lowest BCUT2D eigenvalue weighted by Crippen LogP contribution is -2.09. The summed E-state index contributed by atoms with van der Waals surface area (Å²) >= 11 is 0. The van der Waals surface area contributed by atoms with Gasteiger partial charge in [0.1, 0.15) is 0 Å². The van der Waals surface area contributed by atoms with Crippen LogP contribution in [0.2, 0.25) is 0 Å². The van der Waals surface area contributed by atoms with Crippen molar-refractivity contribution in [2.24, 2.45) is 7.05 Å². The Hall–Kier alpha value is -2.44. The highest BCUT2D eigenvalue weighted by atomic mass is 19.1. The number of benzene rings is 1. The molecular formula is C12H13FN4O2. The molecule has 0 unspecified atom stereocenters. The molecule has 7 heteroatoms. The number of rotatable bonds is 5. The predicted molar refractivity (Wildman–Crippen MR) is 68.5 cm³/mol. The van der Waals surface area contributed by atoms with E-state index < -0.39 is 10.7 Å². The van der Waals surface area contributed by atoms with Crippen molar-refractivity contribution in [2.45, 2.75) is 6.42 Å². The number of halogens is 1. The van der Waals surface area contributed by atoms with Gasteiger partial charge in [0.25, 0.3) is 5.69 Å². The number of nitrogens with one attached hydrogen (secondary N) is 1. The largest absolute Gasteiger partial charge is 0.382 e. The van der Waals surface area contributed by atoms with Gasteiger partial charge in [0, 0.05) is 38.0 Å². The number of aromatic nitrogens is 2. The minimum absolute atomic E-state index is 0.255. The van der Waals surface area contributed by atoms with Crippen molar-refractivity contribution in [1.82, 2.24) is 9.78 Å². The smallest absolute Gasteiger partial charge is 0.272 e. The first-order chi connectivity index (χ1) is 9.08. The lowest BCUT2D eigenvalue weighted by atomic mass is 10.2. The van der Waals surface area contributed by atoms with E-state index in [9.17, 15) is 14.5 Å². The van der Waals surface area contributed by atoms with Gasteiger partial charge >= 0.3 is 0 Å². The first kappa shape index (κ1) is 13.0. The highest BCUT2D eigenvalue weighted by Crippen LogP contribution is 2.20. The fourth-order valence-electron chi connectivity index (χ4n) is 1.73. The van der Waals surface area contributed by atoms with Gasteiger partial charge < -0.3 is 5.32 Å². The number of aryl methyl sites for hydroxylation is 1. The molecule has 0 saturated carbocycles. The van der Waals surface area contributed by atoms with Crippen molar-refractivity contribution in [1.29, 1.82) is 0 Å². The summed E-state index contributed by atoms with van der Waals surface area (Å²) in [7, 11) is 1.84. The summed E-state index contributed by atoms with van der Waals surface area (Å²) in [5, 5.41) is 17.4. The zero-order chi connectivity index (χ0) is 13.8. The Bertz CT molecular complexity index is 597. The van der Waals surface area contributed by atoms with E-state index in [0.29, 0.717) is 13.0 Å². The Balaban J connectivity index is 1.96. The number of anilines is 1. The van der Waals surface area contributed by atoms with Gasteiger partial charge in [-0.3, -0.25) is 14.8 Å². The summed E-state index contributed by atoms with van der Waals surface area (Å²) in [6, 6.07) is 5.44. The van der Waals surface area contributed by atoms with Gasteiger partial charge in [-0.25, -0.2) is 4.39 Å². The zero-order valence-electron chi connectivity index (χ0n) is 10.3. The molecule has 1 heterocycles. The molecule has 19 heavy (non-hydrogen) atoms. The van der Waals surface area contributed by atoms with E-state index in [0.717, 1.165) is 11.8 Å². The minimum Gasteiger partial charge on any atom is -0.382 e. The molecule has 1 aromatic carbocycles. The second-order valence-corrected chi connectivity index (χ2v) is 4.04. The summed E-state index contributed by atoms with van der Waals surface area (Å²) < 4.78 is 15.3. The van der Waals surface area contributed by atoms with Crippen LogP contribution in [0.5, 0.6) is 0 Å². The van der Waals surface area contributed by atoms with E-state index in [-0.39, 0.29) is 11.4 Å². The van der Waals surface area contributed by atoms with Crippen LogP contribution < -0.4 is 5.32 Å². The van der Waals surface area contributed by atoms with E-state index in [4.69, 9.17) is 0 Å². The Morgan fingerprint density at radius 1 is 1.47 bits per heavy atom. The summed E-state index contributed by atoms with van der Waals surface area (Å²) in [5.41, 5.74) is 1.03. The molecule has 0 saturated heterocycles. The van der Waals surface area contributed by atoms with Crippen LogP contribution in [-0.2, 0) is 13.5 Å². The van der Waals surface area contributed by atoms with E-state index >= 15 is 0 Å². The van der Waals surface area contributed by atoms with E-state index in [2.05, 4.69) is 10.4 Å². The van der Waals surface area contributed by atoms with Gasteiger partial charge in [-0.1, -0.05) is 0 Å². The molecule has 0 radical (unpaired) electrons. The maximum Gasteiger partial charge on any atom is 0.272 e. The van der Waals surface area contributed by atoms with Gasteiger partial charge in [-0.15, -0.1) is 0 Å². The average Bonchev–Trinajstić information content (AvgIpc) is 2.77. The normalized spacial score (nSPS) is 10.4. The Kier molecular flexibility index (Phi) is 3.74. The summed E-state index contributed by atoms with van der Waals surface area (Å²) in [5.74, 6) is -0.626. The first-order valence-corrected chi connectivity index (χ1v) is 5.72. The van der Waals surface area contributed by atoms with E-state index in [1.807, 2.05) is 13.1 Å². The average molecular weight is 264 g/mol. The standard InChI is InChI=1S/C12H13FN4O2/c1-16-9(5-7-15-16)4-6-14-12-3-2-10(17(18)19)8-11(12)13/h2-3,5,7-8,14H,4,6H2,1H3. The van der Waals surface area contributed by atoms with E-state index in [1.165, 1.54) is 12.1 Å². The predicted octanol–water partition coefficient (Wildman–Crippen LogP) is 2.12. The molecule has 0 aliphatic rings. The van der Waals surface area contributed by atoms with Crippen molar-refractivity contribution < 1.29 is 9.31 Å². The highest BCUT2D eigenvalue weighted by molar-refractivity contribution is 5.50. The maximum atomic E-state index is 13.6. The molecule has 2 rings (SSSR count). The molecule has 0 spiro atoms. The quantitative estimate of drug-likeness (QED) is 0.663. The fraction of sp³-hybridized carbons (Fsp3) is 0.250. The molecule has 0 fully saturated rings. The molecule has 1 aromatic heterocycles. The van der Waals surface area contributed by atoms with Crippen LogP contribution in [0.15, 0.2) is 30.5 Å². The molecule has 0 aliphatic carbocycles. The van der Waals surface area contributed by atoms with Gasteiger partial charge in [0.15, 0.2) is 5.82 Å².